The van der Waals surface area contributed by atoms with Gasteiger partial charge in [-0.25, -0.2) is 0 Å². The van der Waals surface area contributed by atoms with E-state index in [-0.39, 0.29) is 12.2 Å². The van der Waals surface area contributed by atoms with Crippen LogP contribution in [0.5, 0.6) is 0 Å². The lowest BCUT2D eigenvalue weighted by molar-refractivity contribution is -0.146. The van der Waals surface area contributed by atoms with Crippen molar-refractivity contribution < 1.29 is 14.3 Å². The highest BCUT2D eigenvalue weighted by Gasteiger charge is 2.26. The average Bonchev–Trinajstić information content (AvgIpc) is 2.69. The lowest BCUT2D eigenvalue weighted by Gasteiger charge is -2.17. The van der Waals surface area contributed by atoms with Gasteiger partial charge in [0.15, 0.2) is 6.10 Å². The van der Waals surface area contributed by atoms with Gasteiger partial charge in [0.1, 0.15) is 0 Å². The van der Waals surface area contributed by atoms with E-state index < -0.39 is 12.1 Å². The second kappa shape index (κ2) is 8.65. The number of esters is 1. The molecule has 0 amide bonds. The van der Waals surface area contributed by atoms with E-state index in [1.807, 2.05) is 37.3 Å². The van der Waals surface area contributed by atoms with Crippen molar-refractivity contribution in [3.05, 3.63) is 106 Å². The Morgan fingerprint density at radius 1 is 0.889 bits per heavy atom. The van der Waals surface area contributed by atoms with Gasteiger partial charge >= 0.3 is 5.97 Å². The zero-order valence-electron chi connectivity index (χ0n) is 14.9. The fourth-order valence-corrected chi connectivity index (χ4v) is 2.84. The molecule has 3 aromatic rings. The molecule has 136 valence electrons. The van der Waals surface area contributed by atoms with Crippen molar-refractivity contribution in [2.24, 2.45) is 0 Å². The lowest BCUT2D eigenvalue weighted by Crippen LogP contribution is -2.21. The predicted octanol–water partition coefficient (Wildman–Crippen LogP) is 5.36. The largest absolute Gasteiger partial charge is 0.449 e. The number of ether oxygens (including phenoxy) is 1. The van der Waals surface area contributed by atoms with Crippen LogP contribution in [-0.2, 0) is 16.0 Å². The zero-order chi connectivity index (χ0) is 19.2. The molecule has 3 aromatic carbocycles. The molecule has 0 aromatic heterocycles. The third-order valence-corrected chi connectivity index (χ3v) is 4.44. The standard InChI is InChI=1S/C23H19ClO3/c1-16-7-11-18(12-8-16)22(26)23(19-5-3-2-4-6-19)27-21(25)15-17-9-13-20(24)14-10-17/h2-14,23H,15H2,1H3/t23-/m1/s1. The molecular formula is C23H19ClO3. The van der Waals surface area contributed by atoms with Gasteiger partial charge in [-0.3, -0.25) is 9.59 Å². The summed E-state index contributed by atoms with van der Waals surface area (Å²) in [4.78, 5) is 25.5. The van der Waals surface area contributed by atoms with Crippen LogP contribution in [0.1, 0.15) is 33.2 Å². The van der Waals surface area contributed by atoms with Gasteiger partial charge < -0.3 is 4.74 Å². The monoisotopic (exact) mass is 378 g/mol. The van der Waals surface area contributed by atoms with E-state index in [2.05, 4.69) is 0 Å². The van der Waals surface area contributed by atoms with E-state index in [0.29, 0.717) is 16.1 Å². The summed E-state index contributed by atoms with van der Waals surface area (Å²) in [5.41, 5.74) is 2.99. The Bertz CT molecular complexity index is 916. The van der Waals surface area contributed by atoms with E-state index in [1.54, 1.807) is 48.5 Å². The maximum Gasteiger partial charge on any atom is 0.311 e. The van der Waals surface area contributed by atoms with Crippen LogP contribution in [-0.4, -0.2) is 11.8 Å². The number of aryl methyl sites for hydroxylation is 1. The van der Waals surface area contributed by atoms with Crippen molar-refractivity contribution in [3.8, 4) is 0 Å². The van der Waals surface area contributed by atoms with Gasteiger partial charge in [0.25, 0.3) is 0 Å². The highest BCUT2D eigenvalue weighted by Crippen LogP contribution is 2.24. The Morgan fingerprint density at radius 3 is 2.15 bits per heavy atom. The second-order valence-electron chi connectivity index (χ2n) is 6.31. The molecule has 4 heteroatoms. The van der Waals surface area contributed by atoms with Gasteiger partial charge in [0, 0.05) is 16.1 Å². The Morgan fingerprint density at radius 2 is 1.52 bits per heavy atom. The molecule has 0 spiro atoms. The van der Waals surface area contributed by atoms with Gasteiger partial charge in [-0.2, -0.15) is 0 Å². The third kappa shape index (κ3) is 5.05. The summed E-state index contributed by atoms with van der Waals surface area (Å²) in [5, 5.41) is 0.601. The first-order chi connectivity index (χ1) is 13.0. The van der Waals surface area contributed by atoms with E-state index in [9.17, 15) is 9.59 Å². The minimum Gasteiger partial charge on any atom is -0.449 e. The molecule has 0 saturated heterocycles. The van der Waals surface area contributed by atoms with Crippen LogP contribution in [0.25, 0.3) is 0 Å². The number of Topliss-reactive ketones (excluding diaryl/α,β-unsaturated/α-hetero) is 1. The van der Waals surface area contributed by atoms with Crippen LogP contribution in [0.2, 0.25) is 5.02 Å². The average molecular weight is 379 g/mol. The molecule has 3 nitrogen and oxygen atoms in total. The number of ketones is 1. The van der Waals surface area contributed by atoms with Crippen molar-refractivity contribution in [3.63, 3.8) is 0 Å². The molecule has 3 rings (SSSR count). The third-order valence-electron chi connectivity index (χ3n) is 4.19. The quantitative estimate of drug-likeness (QED) is 0.428. The Labute approximate surface area is 163 Å². The van der Waals surface area contributed by atoms with Gasteiger partial charge in [-0.1, -0.05) is 83.9 Å². The number of benzene rings is 3. The van der Waals surface area contributed by atoms with Crippen molar-refractivity contribution in [1.82, 2.24) is 0 Å². The summed E-state index contributed by atoms with van der Waals surface area (Å²) in [7, 11) is 0. The minimum atomic E-state index is -0.978. The number of rotatable bonds is 6. The summed E-state index contributed by atoms with van der Waals surface area (Å²) < 4.78 is 5.60. The number of carbonyl (C=O) groups excluding carboxylic acids is 2. The highest BCUT2D eigenvalue weighted by molar-refractivity contribution is 6.30. The summed E-state index contributed by atoms with van der Waals surface area (Å²) in [6.07, 6.45) is -0.907. The topological polar surface area (TPSA) is 43.4 Å². The molecule has 0 radical (unpaired) electrons. The van der Waals surface area contributed by atoms with Crippen LogP contribution < -0.4 is 0 Å². The Balaban J connectivity index is 1.81. The molecule has 0 aliphatic carbocycles. The normalized spacial score (nSPS) is 11.6. The fraction of sp³-hybridized carbons (Fsp3) is 0.130. The highest BCUT2D eigenvalue weighted by atomic mass is 35.5. The van der Waals surface area contributed by atoms with Crippen LogP contribution in [0.15, 0.2) is 78.9 Å². The molecule has 0 aliphatic heterocycles. The fourth-order valence-electron chi connectivity index (χ4n) is 2.71. The predicted molar refractivity (Wildman–Crippen MR) is 106 cm³/mol. The van der Waals surface area contributed by atoms with Gasteiger partial charge in [-0.15, -0.1) is 0 Å². The van der Waals surface area contributed by atoms with Crippen molar-refractivity contribution in [2.75, 3.05) is 0 Å². The van der Waals surface area contributed by atoms with Crippen LogP contribution in [0, 0.1) is 6.92 Å². The van der Waals surface area contributed by atoms with Crippen molar-refractivity contribution in [1.29, 1.82) is 0 Å². The van der Waals surface area contributed by atoms with E-state index in [0.717, 1.165) is 11.1 Å². The molecule has 27 heavy (non-hydrogen) atoms. The molecule has 0 heterocycles. The first-order valence-corrected chi connectivity index (χ1v) is 9.00. The summed E-state index contributed by atoms with van der Waals surface area (Å²) in [6.45, 7) is 1.95. The molecule has 0 aliphatic rings. The second-order valence-corrected chi connectivity index (χ2v) is 6.75. The number of carbonyl (C=O) groups is 2. The van der Waals surface area contributed by atoms with Crippen LogP contribution >= 0.6 is 11.6 Å². The molecule has 0 N–H and O–H groups in total. The van der Waals surface area contributed by atoms with Gasteiger partial charge in [0.05, 0.1) is 6.42 Å². The minimum absolute atomic E-state index is 0.0711. The molecule has 0 bridgehead atoms. The molecule has 1 atom stereocenters. The maximum absolute atomic E-state index is 13.0. The number of hydrogen-bond acceptors (Lipinski definition) is 3. The lowest BCUT2D eigenvalue weighted by atomic mass is 9.99. The molecule has 0 unspecified atom stereocenters. The van der Waals surface area contributed by atoms with Gasteiger partial charge in [-0.05, 0) is 24.6 Å². The first kappa shape index (κ1) is 18.9. The van der Waals surface area contributed by atoms with E-state index >= 15 is 0 Å². The van der Waals surface area contributed by atoms with Crippen molar-refractivity contribution in [2.45, 2.75) is 19.4 Å². The Kier molecular flexibility index (Phi) is 6.05. The number of hydrogen-bond donors (Lipinski definition) is 0. The van der Waals surface area contributed by atoms with E-state index in [4.69, 9.17) is 16.3 Å². The smallest absolute Gasteiger partial charge is 0.311 e. The maximum atomic E-state index is 13.0. The zero-order valence-corrected chi connectivity index (χ0v) is 15.6. The molecule has 0 saturated carbocycles. The summed E-state index contributed by atoms with van der Waals surface area (Å²) >= 11 is 5.87. The summed E-state index contributed by atoms with van der Waals surface area (Å²) in [5.74, 6) is -0.711. The van der Waals surface area contributed by atoms with E-state index in [1.165, 1.54) is 0 Å². The van der Waals surface area contributed by atoms with Crippen LogP contribution in [0.4, 0.5) is 0 Å². The van der Waals surface area contributed by atoms with Crippen molar-refractivity contribution >= 4 is 23.4 Å². The van der Waals surface area contributed by atoms with Gasteiger partial charge in [0.2, 0.25) is 5.78 Å². The summed E-state index contributed by atoms with van der Waals surface area (Å²) in [6, 6.07) is 23.3. The molecular weight excluding hydrogens is 360 g/mol. The number of halogens is 1. The SMILES string of the molecule is Cc1ccc(C(=O)[C@H](OC(=O)Cc2ccc(Cl)cc2)c2ccccc2)cc1. The molecule has 0 fully saturated rings. The first-order valence-electron chi connectivity index (χ1n) is 8.62. The van der Waals surface area contributed by atoms with Crippen LogP contribution in [0.3, 0.4) is 0 Å². The Hall–Kier alpha value is -2.91.